The minimum atomic E-state index is -0.379. The summed E-state index contributed by atoms with van der Waals surface area (Å²) >= 11 is 0. The molecule has 20 heavy (non-hydrogen) atoms. The third-order valence-corrected chi connectivity index (χ3v) is 2.90. The van der Waals surface area contributed by atoms with Crippen LogP contribution in [0.25, 0.3) is 11.3 Å². The van der Waals surface area contributed by atoms with E-state index in [0.29, 0.717) is 36.0 Å². The van der Waals surface area contributed by atoms with Crippen LogP contribution >= 0.6 is 0 Å². The van der Waals surface area contributed by atoms with E-state index in [1.807, 2.05) is 11.9 Å². The first-order chi connectivity index (χ1) is 9.67. The largest absolute Gasteiger partial charge is 0.496 e. The summed E-state index contributed by atoms with van der Waals surface area (Å²) in [6, 6.07) is 6.33. The number of halogens is 1. The molecule has 2 aromatic rings. The van der Waals surface area contributed by atoms with Gasteiger partial charge in [-0.2, -0.15) is 0 Å². The Morgan fingerprint density at radius 1 is 1.35 bits per heavy atom. The highest BCUT2D eigenvalue weighted by molar-refractivity contribution is 5.68. The maximum Gasteiger partial charge on any atom is 0.225 e. The Labute approximate surface area is 117 Å². The van der Waals surface area contributed by atoms with E-state index < -0.39 is 0 Å². The second kappa shape index (κ2) is 6.29. The van der Waals surface area contributed by atoms with Crippen LogP contribution in [0.4, 0.5) is 10.3 Å². The summed E-state index contributed by atoms with van der Waals surface area (Å²) in [5.41, 5.74) is 6.32. The quantitative estimate of drug-likeness (QED) is 0.900. The molecule has 1 aromatic heterocycles. The first kappa shape index (κ1) is 14.2. The molecule has 0 saturated carbocycles. The number of rotatable bonds is 5. The van der Waals surface area contributed by atoms with Crippen LogP contribution in [-0.4, -0.2) is 37.2 Å². The standard InChI is InChI=1S/C14H17FN4O/c1-19(9-7-16)14-17-8-6-11(18-14)13-10(15)4-3-5-12(13)20-2/h3-6,8H,7,9,16H2,1-2H3. The highest BCUT2D eigenvalue weighted by atomic mass is 19.1. The van der Waals surface area contributed by atoms with Gasteiger partial charge in [0.1, 0.15) is 11.6 Å². The smallest absolute Gasteiger partial charge is 0.225 e. The van der Waals surface area contributed by atoms with Gasteiger partial charge in [0.05, 0.1) is 18.4 Å². The second-order valence-corrected chi connectivity index (χ2v) is 4.27. The molecule has 0 aliphatic rings. The maximum atomic E-state index is 14.0. The molecule has 5 nitrogen and oxygen atoms in total. The molecule has 0 saturated heterocycles. The zero-order valence-electron chi connectivity index (χ0n) is 11.5. The van der Waals surface area contributed by atoms with E-state index in [2.05, 4.69) is 9.97 Å². The Balaban J connectivity index is 2.46. The number of nitrogens with zero attached hydrogens (tertiary/aromatic N) is 3. The van der Waals surface area contributed by atoms with Gasteiger partial charge in [0.15, 0.2) is 0 Å². The van der Waals surface area contributed by atoms with Gasteiger partial charge in [-0.3, -0.25) is 0 Å². The first-order valence-electron chi connectivity index (χ1n) is 6.24. The topological polar surface area (TPSA) is 64.3 Å². The van der Waals surface area contributed by atoms with Crippen LogP contribution in [0.1, 0.15) is 0 Å². The number of benzene rings is 1. The van der Waals surface area contributed by atoms with Crippen LogP contribution in [0, 0.1) is 5.82 Å². The summed E-state index contributed by atoms with van der Waals surface area (Å²) < 4.78 is 19.2. The second-order valence-electron chi connectivity index (χ2n) is 4.27. The van der Waals surface area contributed by atoms with Gasteiger partial charge in [0.2, 0.25) is 5.95 Å². The Bertz CT molecular complexity index is 591. The molecule has 2 rings (SSSR count). The minimum Gasteiger partial charge on any atom is -0.496 e. The molecule has 0 aliphatic heterocycles. The van der Waals surface area contributed by atoms with Crippen LogP contribution in [0.15, 0.2) is 30.5 Å². The minimum absolute atomic E-state index is 0.333. The highest BCUT2D eigenvalue weighted by Gasteiger charge is 2.14. The van der Waals surface area contributed by atoms with Crippen molar-refractivity contribution in [1.29, 1.82) is 0 Å². The molecular formula is C14H17FN4O. The molecule has 1 aromatic carbocycles. The molecule has 0 aliphatic carbocycles. The summed E-state index contributed by atoms with van der Waals surface area (Å²) in [6.45, 7) is 1.12. The molecule has 2 N–H and O–H groups in total. The number of hydrogen-bond donors (Lipinski definition) is 1. The summed E-state index contributed by atoms with van der Waals surface area (Å²) in [5, 5.41) is 0. The molecule has 1 heterocycles. The molecule has 0 fully saturated rings. The normalized spacial score (nSPS) is 10.4. The van der Waals surface area contributed by atoms with Crippen molar-refractivity contribution in [3.8, 4) is 17.0 Å². The Morgan fingerprint density at radius 3 is 2.85 bits per heavy atom. The molecule has 0 amide bonds. The van der Waals surface area contributed by atoms with Crippen LogP contribution in [-0.2, 0) is 0 Å². The number of ether oxygens (including phenoxy) is 1. The van der Waals surface area contributed by atoms with Crippen molar-refractivity contribution >= 4 is 5.95 Å². The molecular weight excluding hydrogens is 259 g/mol. The lowest BCUT2D eigenvalue weighted by Crippen LogP contribution is -2.26. The first-order valence-corrected chi connectivity index (χ1v) is 6.24. The van der Waals surface area contributed by atoms with Gasteiger partial charge in [0.25, 0.3) is 0 Å². The molecule has 106 valence electrons. The lowest BCUT2D eigenvalue weighted by atomic mass is 10.1. The Morgan fingerprint density at radius 2 is 2.15 bits per heavy atom. The highest BCUT2D eigenvalue weighted by Crippen LogP contribution is 2.31. The van der Waals surface area contributed by atoms with E-state index in [1.165, 1.54) is 13.2 Å². The van der Waals surface area contributed by atoms with Crippen molar-refractivity contribution in [2.24, 2.45) is 5.73 Å². The Hall–Kier alpha value is -2.21. The molecule has 0 atom stereocenters. The molecule has 0 unspecified atom stereocenters. The molecule has 0 radical (unpaired) electrons. The SMILES string of the molecule is COc1cccc(F)c1-c1ccnc(N(C)CCN)n1. The lowest BCUT2D eigenvalue weighted by molar-refractivity contribution is 0.413. The van der Waals surface area contributed by atoms with Crippen molar-refractivity contribution < 1.29 is 9.13 Å². The van der Waals surface area contributed by atoms with Crippen LogP contribution in [0.2, 0.25) is 0 Å². The average molecular weight is 276 g/mol. The zero-order valence-corrected chi connectivity index (χ0v) is 11.5. The molecule has 0 bridgehead atoms. The van der Waals surface area contributed by atoms with Crippen LogP contribution < -0.4 is 15.4 Å². The summed E-state index contributed by atoms with van der Waals surface area (Å²) in [5.74, 6) is 0.560. The van der Waals surface area contributed by atoms with Gasteiger partial charge in [-0.05, 0) is 18.2 Å². The van der Waals surface area contributed by atoms with E-state index in [0.717, 1.165) is 0 Å². The summed E-state index contributed by atoms with van der Waals surface area (Å²) in [6.07, 6.45) is 1.59. The van der Waals surface area contributed by atoms with Gasteiger partial charge in [-0.25, -0.2) is 14.4 Å². The van der Waals surface area contributed by atoms with Gasteiger partial charge in [0, 0.05) is 26.3 Å². The average Bonchev–Trinajstić information content (AvgIpc) is 2.47. The molecule has 0 spiro atoms. The predicted molar refractivity (Wildman–Crippen MR) is 76.3 cm³/mol. The fraction of sp³-hybridized carbons (Fsp3) is 0.286. The number of nitrogens with two attached hydrogens (primary N) is 1. The predicted octanol–water partition coefficient (Wildman–Crippen LogP) is 1.69. The van der Waals surface area contributed by atoms with Crippen molar-refractivity contribution in [2.75, 3.05) is 32.1 Å². The Kier molecular flexibility index (Phi) is 4.47. The molecule has 6 heteroatoms. The number of aromatic nitrogens is 2. The van der Waals surface area contributed by atoms with E-state index in [9.17, 15) is 4.39 Å². The fourth-order valence-electron chi connectivity index (χ4n) is 1.89. The zero-order chi connectivity index (χ0) is 14.5. The van der Waals surface area contributed by atoms with Crippen molar-refractivity contribution in [1.82, 2.24) is 9.97 Å². The monoisotopic (exact) mass is 276 g/mol. The van der Waals surface area contributed by atoms with E-state index in [1.54, 1.807) is 24.4 Å². The van der Waals surface area contributed by atoms with E-state index >= 15 is 0 Å². The number of likely N-dealkylation sites (N-methyl/N-ethyl adjacent to an activating group) is 1. The maximum absolute atomic E-state index is 14.0. The number of anilines is 1. The number of methoxy groups -OCH3 is 1. The third-order valence-electron chi connectivity index (χ3n) is 2.90. The number of hydrogen-bond acceptors (Lipinski definition) is 5. The van der Waals surface area contributed by atoms with Crippen molar-refractivity contribution in [3.63, 3.8) is 0 Å². The van der Waals surface area contributed by atoms with Gasteiger partial charge < -0.3 is 15.4 Å². The van der Waals surface area contributed by atoms with Crippen LogP contribution in [0.5, 0.6) is 5.75 Å². The van der Waals surface area contributed by atoms with E-state index in [-0.39, 0.29) is 5.82 Å². The van der Waals surface area contributed by atoms with Crippen molar-refractivity contribution in [2.45, 2.75) is 0 Å². The van der Waals surface area contributed by atoms with Gasteiger partial charge >= 0.3 is 0 Å². The fourth-order valence-corrected chi connectivity index (χ4v) is 1.89. The van der Waals surface area contributed by atoms with E-state index in [4.69, 9.17) is 10.5 Å². The van der Waals surface area contributed by atoms with Gasteiger partial charge in [-0.15, -0.1) is 0 Å². The van der Waals surface area contributed by atoms with Crippen molar-refractivity contribution in [3.05, 3.63) is 36.3 Å². The van der Waals surface area contributed by atoms with Crippen LogP contribution in [0.3, 0.4) is 0 Å². The lowest BCUT2D eigenvalue weighted by Gasteiger charge is -2.16. The summed E-state index contributed by atoms with van der Waals surface area (Å²) in [4.78, 5) is 10.4. The van der Waals surface area contributed by atoms with Gasteiger partial charge in [-0.1, -0.05) is 6.07 Å². The summed E-state index contributed by atoms with van der Waals surface area (Å²) in [7, 11) is 3.34. The third kappa shape index (κ3) is 2.85.